The van der Waals surface area contributed by atoms with Gasteiger partial charge in [-0.1, -0.05) is 30.0 Å². The zero-order valence-electron chi connectivity index (χ0n) is 15.8. The van der Waals surface area contributed by atoms with Crippen LogP contribution in [0.5, 0.6) is 0 Å². The molecule has 2 aliphatic heterocycles. The van der Waals surface area contributed by atoms with E-state index in [4.69, 9.17) is 9.73 Å². The van der Waals surface area contributed by atoms with Crippen LogP contribution < -0.4 is 5.32 Å². The van der Waals surface area contributed by atoms with Crippen molar-refractivity contribution in [2.24, 2.45) is 10.9 Å². The van der Waals surface area contributed by atoms with E-state index in [-0.39, 0.29) is 41.2 Å². The third kappa shape index (κ3) is 4.03. The molecule has 158 valence electrons. The highest BCUT2D eigenvalue weighted by atomic mass is 79.9. The van der Waals surface area contributed by atoms with Crippen LogP contribution in [0, 0.1) is 17.6 Å². The number of carbonyl (C=O) groups is 1. The number of rotatable bonds is 3. The molecule has 1 amide bonds. The maximum absolute atomic E-state index is 14.9. The van der Waals surface area contributed by atoms with Crippen molar-refractivity contribution < 1.29 is 23.4 Å². The Bertz CT molecular complexity index is 992. The molecule has 2 aliphatic rings. The average molecular weight is 497 g/mol. The molecule has 0 radical (unpaired) electrons. The lowest BCUT2D eigenvalue weighted by atomic mass is 9.75. The first-order valence-corrected chi connectivity index (χ1v) is 11.2. The number of carbonyl (C=O) groups excluding carboxylic acids is 1. The van der Waals surface area contributed by atoms with E-state index in [1.165, 1.54) is 17.8 Å². The predicted molar refractivity (Wildman–Crippen MR) is 114 cm³/mol. The number of aliphatic hydroxyl groups excluding tert-OH is 1. The molecule has 4 rings (SSSR count). The van der Waals surface area contributed by atoms with Gasteiger partial charge < -0.3 is 15.2 Å². The highest BCUT2D eigenvalue weighted by molar-refractivity contribution is 9.10. The molecule has 2 N–H and O–H groups in total. The van der Waals surface area contributed by atoms with Crippen molar-refractivity contribution in [3.8, 4) is 0 Å². The molecule has 1 fully saturated rings. The molecule has 1 saturated heterocycles. The number of nitrogens with zero attached hydrogens (tertiary/aromatic N) is 1. The second-order valence-corrected chi connectivity index (χ2v) is 9.13. The van der Waals surface area contributed by atoms with Crippen LogP contribution in [-0.2, 0) is 10.3 Å². The molecule has 0 aromatic heterocycles. The van der Waals surface area contributed by atoms with Crippen LogP contribution in [0.25, 0.3) is 0 Å². The Hall–Kier alpha value is -1.81. The van der Waals surface area contributed by atoms with Gasteiger partial charge in [-0.05, 0) is 40.5 Å². The smallest absolute Gasteiger partial charge is 0.257 e. The van der Waals surface area contributed by atoms with Crippen molar-refractivity contribution >= 4 is 38.8 Å². The summed E-state index contributed by atoms with van der Waals surface area (Å²) in [5, 5.41) is 12.7. The monoisotopic (exact) mass is 496 g/mol. The van der Waals surface area contributed by atoms with Gasteiger partial charge in [0.05, 0.1) is 23.8 Å². The van der Waals surface area contributed by atoms with E-state index in [1.54, 1.807) is 24.3 Å². The molecule has 3 atom stereocenters. The number of halogens is 3. The molecule has 9 heteroatoms. The van der Waals surface area contributed by atoms with Crippen LogP contribution >= 0.6 is 27.7 Å². The molecule has 2 heterocycles. The molecule has 0 aliphatic carbocycles. The summed E-state index contributed by atoms with van der Waals surface area (Å²) >= 11 is 4.49. The number of ether oxygens (including phenoxy) is 1. The van der Waals surface area contributed by atoms with E-state index in [0.29, 0.717) is 22.9 Å². The Morgan fingerprint density at radius 1 is 1.30 bits per heavy atom. The number of amidine groups is 1. The average Bonchev–Trinajstić information content (AvgIpc) is 2.76. The van der Waals surface area contributed by atoms with Crippen molar-refractivity contribution in [1.29, 1.82) is 0 Å². The fraction of sp³-hybridized carbons (Fsp3) is 0.333. The number of thioether (sulfide) groups is 1. The summed E-state index contributed by atoms with van der Waals surface area (Å²) in [6.07, 6.45) is 0.104. The topological polar surface area (TPSA) is 70.9 Å². The standard InChI is InChI=1S/C21H19BrF2N2O3S/c22-16-7-15(17(23)8-18(16)24)21-11-29-14(9-27)6-13(21)10-30-20(26-21)25-19(28)12-4-2-1-3-5-12/h1-5,7-8,13-14,27H,6,9-11H2,(H,25,26,28)/t13-,14?,21-/m0/s1. The quantitative estimate of drug-likeness (QED) is 0.633. The van der Waals surface area contributed by atoms with E-state index in [1.807, 2.05) is 6.07 Å². The van der Waals surface area contributed by atoms with E-state index in [0.717, 1.165) is 6.07 Å². The molecule has 0 saturated carbocycles. The zero-order chi connectivity index (χ0) is 21.3. The lowest BCUT2D eigenvalue weighted by Crippen LogP contribution is -2.52. The van der Waals surface area contributed by atoms with Crippen molar-refractivity contribution in [1.82, 2.24) is 5.32 Å². The first kappa shape index (κ1) is 21.4. The Morgan fingerprint density at radius 3 is 2.80 bits per heavy atom. The predicted octanol–water partition coefficient (Wildman–Crippen LogP) is 3.85. The maximum Gasteiger partial charge on any atom is 0.257 e. The van der Waals surface area contributed by atoms with E-state index in [2.05, 4.69) is 21.2 Å². The maximum atomic E-state index is 14.9. The molecule has 0 bridgehead atoms. The second kappa shape index (κ2) is 8.74. The fourth-order valence-corrected chi connectivity index (χ4v) is 5.33. The third-order valence-corrected chi connectivity index (χ3v) is 7.06. The molecular formula is C21H19BrF2N2O3S. The first-order chi connectivity index (χ1) is 14.4. The van der Waals surface area contributed by atoms with Crippen LogP contribution in [0.1, 0.15) is 22.3 Å². The summed E-state index contributed by atoms with van der Waals surface area (Å²) in [5.41, 5.74) is -0.451. The minimum absolute atomic E-state index is 0.0170. The number of nitrogens with one attached hydrogen (secondary N) is 1. The molecular weight excluding hydrogens is 478 g/mol. The molecule has 2 aromatic carbocycles. The van der Waals surface area contributed by atoms with Crippen molar-refractivity contribution in [3.05, 3.63) is 69.7 Å². The van der Waals surface area contributed by atoms with Gasteiger partial charge in [0.25, 0.3) is 5.91 Å². The summed E-state index contributed by atoms with van der Waals surface area (Å²) in [6, 6.07) is 10.9. The molecule has 2 aromatic rings. The number of aliphatic imine (C=N–C) groups is 1. The summed E-state index contributed by atoms with van der Waals surface area (Å²) < 4.78 is 34.6. The largest absolute Gasteiger partial charge is 0.394 e. The lowest BCUT2D eigenvalue weighted by Gasteiger charge is -2.46. The summed E-state index contributed by atoms with van der Waals surface area (Å²) in [6.45, 7) is -0.128. The summed E-state index contributed by atoms with van der Waals surface area (Å²) in [5.74, 6) is -1.36. The van der Waals surface area contributed by atoms with E-state index < -0.39 is 17.2 Å². The van der Waals surface area contributed by atoms with Gasteiger partial charge in [0.2, 0.25) is 0 Å². The van der Waals surface area contributed by atoms with Gasteiger partial charge in [0.15, 0.2) is 5.17 Å². The van der Waals surface area contributed by atoms with Crippen molar-refractivity contribution in [2.45, 2.75) is 18.1 Å². The van der Waals surface area contributed by atoms with Crippen LogP contribution in [0.4, 0.5) is 8.78 Å². The van der Waals surface area contributed by atoms with Crippen LogP contribution in [0.3, 0.4) is 0 Å². The number of hydrogen-bond donors (Lipinski definition) is 2. The Kier molecular flexibility index (Phi) is 6.24. The van der Waals surface area contributed by atoms with Crippen LogP contribution in [0.15, 0.2) is 51.9 Å². The highest BCUT2D eigenvalue weighted by Crippen LogP contribution is 2.47. The lowest BCUT2D eigenvalue weighted by molar-refractivity contribution is -0.0771. The number of fused-ring (bicyclic) bond motifs is 1. The van der Waals surface area contributed by atoms with Crippen molar-refractivity contribution in [2.75, 3.05) is 19.0 Å². The normalized spacial score (nSPS) is 25.9. The van der Waals surface area contributed by atoms with Crippen molar-refractivity contribution in [3.63, 3.8) is 0 Å². The Morgan fingerprint density at radius 2 is 2.07 bits per heavy atom. The Labute approximate surface area is 185 Å². The number of amides is 1. The molecule has 30 heavy (non-hydrogen) atoms. The summed E-state index contributed by atoms with van der Waals surface area (Å²) in [7, 11) is 0. The van der Waals surface area contributed by atoms with Crippen LogP contribution in [0.2, 0.25) is 0 Å². The molecule has 0 spiro atoms. The van der Waals surface area contributed by atoms with Gasteiger partial charge in [-0.25, -0.2) is 13.8 Å². The number of benzene rings is 2. The molecule has 5 nitrogen and oxygen atoms in total. The summed E-state index contributed by atoms with van der Waals surface area (Å²) in [4.78, 5) is 17.3. The first-order valence-electron chi connectivity index (χ1n) is 9.39. The van der Waals surface area contributed by atoms with Gasteiger partial charge >= 0.3 is 0 Å². The fourth-order valence-electron chi connectivity index (χ4n) is 3.83. The van der Waals surface area contributed by atoms with E-state index >= 15 is 0 Å². The number of aliphatic hydroxyl groups is 1. The van der Waals surface area contributed by atoms with Gasteiger partial charge in [-0.3, -0.25) is 4.79 Å². The molecule has 1 unspecified atom stereocenters. The minimum atomic E-state index is -1.13. The number of hydrogen-bond acceptors (Lipinski definition) is 5. The second-order valence-electron chi connectivity index (χ2n) is 7.27. The SMILES string of the molecule is O=C(NC1=N[C@@]2(c3cc(Br)c(F)cc3F)COC(CO)C[C@H]2CS1)c1ccccc1. The van der Waals surface area contributed by atoms with Gasteiger partial charge in [-0.2, -0.15) is 0 Å². The highest BCUT2D eigenvalue weighted by Gasteiger charge is 2.50. The van der Waals surface area contributed by atoms with Gasteiger partial charge in [0, 0.05) is 28.9 Å². The zero-order valence-corrected chi connectivity index (χ0v) is 18.2. The van der Waals surface area contributed by atoms with E-state index in [9.17, 15) is 18.7 Å². The minimum Gasteiger partial charge on any atom is -0.394 e. The van der Waals surface area contributed by atoms with Gasteiger partial charge in [0.1, 0.15) is 17.2 Å². The Balaban J connectivity index is 1.73. The third-order valence-electron chi connectivity index (χ3n) is 5.42. The van der Waals surface area contributed by atoms with Gasteiger partial charge in [-0.15, -0.1) is 0 Å². The van der Waals surface area contributed by atoms with Crippen LogP contribution in [-0.4, -0.2) is 41.3 Å².